The van der Waals surface area contributed by atoms with Gasteiger partial charge in [0.15, 0.2) is 12.4 Å². The summed E-state index contributed by atoms with van der Waals surface area (Å²) < 4.78 is 53.8. The molecule has 1 fully saturated rings. The first kappa shape index (κ1) is 51.1. The Labute approximate surface area is 336 Å². The summed E-state index contributed by atoms with van der Waals surface area (Å²) in [7, 11) is -4.61. The molecule has 6 unspecified atom stereocenters. The van der Waals surface area contributed by atoms with Gasteiger partial charge in [-0.2, -0.15) is 8.42 Å². The molecule has 1 heterocycles. The summed E-state index contributed by atoms with van der Waals surface area (Å²) in [6, 6.07) is 0. The van der Waals surface area contributed by atoms with Crippen molar-refractivity contribution in [2.24, 2.45) is 0 Å². The molecule has 0 radical (unpaired) electrons. The van der Waals surface area contributed by atoms with Gasteiger partial charge in [0.1, 0.15) is 36.8 Å². The molecule has 6 atom stereocenters. The summed E-state index contributed by atoms with van der Waals surface area (Å²) in [4.78, 5) is 25.3. The van der Waals surface area contributed by atoms with Gasteiger partial charge < -0.3 is 34.3 Å². The molecule has 320 valence electrons. The Morgan fingerprint density at radius 1 is 0.625 bits per heavy atom. The fourth-order valence-corrected chi connectivity index (χ4v) is 6.26. The Hall–Kier alpha value is -2.91. The maximum atomic E-state index is 12.7. The molecule has 0 aromatic rings. The van der Waals surface area contributed by atoms with Crippen molar-refractivity contribution in [3.8, 4) is 0 Å². The standard InChI is InChI=1S/C43H70O12S/c1-3-5-7-9-11-13-15-16-17-18-19-20-22-24-26-28-30-32-39(45)54-36(33-52-38(44)31-29-27-25-23-21-14-12-10-8-6-4-2)34-53-43-42(48)41(47)40(46)37(55-43)35-56(49,50)51/h5,7,10-13,16-17,19-20,24,26,36-37,40-43,46-48H,3-4,6,8-9,14-15,18,21-23,25,27-35H2,1-2H3,(H,49,50,51)/b7-5-,12-10-,13-11-,17-16-,20-19-,26-24-. The van der Waals surface area contributed by atoms with E-state index < -0.39 is 71.2 Å². The lowest BCUT2D eigenvalue weighted by Gasteiger charge is -2.40. The lowest BCUT2D eigenvalue weighted by Crippen LogP contribution is -2.60. The number of hydrogen-bond donors (Lipinski definition) is 4. The van der Waals surface area contributed by atoms with E-state index in [2.05, 4.69) is 74.6 Å². The topological polar surface area (TPSA) is 186 Å². The van der Waals surface area contributed by atoms with Gasteiger partial charge in [0.2, 0.25) is 0 Å². The second-order valence-corrected chi connectivity index (χ2v) is 15.4. The molecule has 1 saturated heterocycles. The van der Waals surface area contributed by atoms with Crippen molar-refractivity contribution >= 4 is 22.1 Å². The van der Waals surface area contributed by atoms with Crippen LogP contribution >= 0.6 is 0 Å². The Morgan fingerprint density at radius 3 is 1.75 bits per heavy atom. The number of carbonyl (C=O) groups excluding carboxylic acids is 2. The highest BCUT2D eigenvalue weighted by atomic mass is 32.2. The minimum atomic E-state index is -4.61. The van der Waals surface area contributed by atoms with E-state index in [9.17, 15) is 37.9 Å². The molecule has 0 saturated carbocycles. The SMILES string of the molecule is CC/C=C\C/C=C\C/C=C\C/C=C\C/C=C\CCCC(=O)OC(COC(=O)CCCCCCC/C=C\CCCC)COC1OC(CS(=O)(=O)O)C(O)C(O)C1O. The zero-order valence-corrected chi connectivity index (χ0v) is 34.5. The molecular formula is C43H70O12S. The average Bonchev–Trinajstić information content (AvgIpc) is 3.16. The van der Waals surface area contributed by atoms with Crippen molar-refractivity contribution in [3.05, 3.63) is 72.9 Å². The molecule has 1 rings (SSSR count). The maximum absolute atomic E-state index is 12.7. The fraction of sp³-hybridized carbons (Fsp3) is 0.674. The van der Waals surface area contributed by atoms with Gasteiger partial charge in [0.05, 0.1) is 6.61 Å². The summed E-state index contributed by atoms with van der Waals surface area (Å²) in [5.41, 5.74) is 0. The lowest BCUT2D eigenvalue weighted by atomic mass is 10.00. The first-order chi connectivity index (χ1) is 27.0. The molecular weight excluding hydrogens is 741 g/mol. The molecule has 0 spiro atoms. The van der Waals surface area contributed by atoms with Crippen LogP contribution in [0.5, 0.6) is 0 Å². The normalized spacial score (nSPS) is 21.4. The van der Waals surface area contributed by atoms with Crippen LogP contribution in [0.25, 0.3) is 0 Å². The molecule has 13 heteroatoms. The molecule has 56 heavy (non-hydrogen) atoms. The second kappa shape index (κ2) is 33.1. The highest BCUT2D eigenvalue weighted by molar-refractivity contribution is 7.85. The average molecular weight is 811 g/mol. The number of ether oxygens (including phenoxy) is 4. The van der Waals surface area contributed by atoms with Gasteiger partial charge in [-0.05, 0) is 70.6 Å². The third kappa shape index (κ3) is 27.6. The van der Waals surface area contributed by atoms with Crippen LogP contribution in [0.3, 0.4) is 0 Å². The van der Waals surface area contributed by atoms with E-state index in [0.29, 0.717) is 19.3 Å². The van der Waals surface area contributed by atoms with E-state index >= 15 is 0 Å². The number of hydrogen-bond acceptors (Lipinski definition) is 11. The van der Waals surface area contributed by atoms with Gasteiger partial charge in [-0.25, -0.2) is 0 Å². The van der Waals surface area contributed by atoms with Gasteiger partial charge >= 0.3 is 11.9 Å². The van der Waals surface area contributed by atoms with Crippen LogP contribution in [0.15, 0.2) is 72.9 Å². The third-order valence-electron chi connectivity index (χ3n) is 8.77. The van der Waals surface area contributed by atoms with E-state index in [4.69, 9.17) is 18.9 Å². The van der Waals surface area contributed by atoms with Crippen molar-refractivity contribution < 1.29 is 56.8 Å². The highest BCUT2D eigenvalue weighted by Gasteiger charge is 2.46. The largest absolute Gasteiger partial charge is 0.462 e. The number of rotatable bonds is 32. The van der Waals surface area contributed by atoms with E-state index in [1.807, 2.05) is 12.2 Å². The zero-order valence-electron chi connectivity index (χ0n) is 33.7. The van der Waals surface area contributed by atoms with Crippen molar-refractivity contribution in [2.75, 3.05) is 19.0 Å². The first-order valence-corrected chi connectivity index (χ1v) is 22.1. The number of unbranched alkanes of at least 4 members (excludes halogenated alkanes) is 8. The van der Waals surface area contributed by atoms with Gasteiger partial charge in [0.25, 0.3) is 10.1 Å². The Kier molecular flexibility index (Phi) is 30.2. The van der Waals surface area contributed by atoms with E-state index in [-0.39, 0.29) is 19.4 Å². The van der Waals surface area contributed by atoms with Crippen LogP contribution in [-0.4, -0.2) is 96.0 Å². The Balaban J connectivity index is 2.56. The predicted octanol–water partition coefficient (Wildman–Crippen LogP) is 7.55. The first-order valence-electron chi connectivity index (χ1n) is 20.5. The number of aliphatic hydroxyl groups excluding tert-OH is 3. The molecule has 4 N–H and O–H groups in total. The Bertz CT molecular complexity index is 1320. The lowest BCUT2D eigenvalue weighted by molar-refractivity contribution is -0.297. The van der Waals surface area contributed by atoms with Gasteiger partial charge in [-0.3, -0.25) is 14.1 Å². The molecule has 0 aromatic heterocycles. The van der Waals surface area contributed by atoms with Gasteiger partial charge in [-0.1, -0.05) is 119 Å². The van der Waals surface area contributed by atoms with Gasteiger partial charge in [-0.15, -0.1) is 0 Å². The number of carbonyl (C=O) groups is 2. The van der Waals surface area contributed by atoms with Crippen LogP contribution in [0.1, 0.15) is 129 Å². The maximum Gasteiger partial charge on any atom is 0.306 e. The molecule has 12 nitrogen and oxygen atoms in total. The van der Waals surface area contributed by atoms with E-state index in [0.717, 1.165) is 70.6 Å². The minimum Gasteiger partial charge on any atom is -0.462 e. The quantitative estimate of drug-likeness (QED) is 0.0227. The predicted molar refractivity (Wildman–Crippen MR) is 219 cm³/mol. The summed E-state index contributed by atoms with van der Waals surface area (Å²) in [6.45, 7) is 3.52. The van der Waals surface area contributed by atoms with Crippen molar-refractivity contribution in [1.82, 2.24) is 0 Å². The third-order valence-corrected chi connectivity index (χ3v) is 9.52. The molecule has 0 aromatic carbocycles. The molecule has 0 amide bonds. The fourth-order valence-electron chi connectivity index (χ4n) is 5.57. The summed E-state index contributed by atoms with van der Waals surface area (Å²) in [5.74, 6) is -2.09. The van der Waals surface area contributed by atoms with Crippen LogP contribution in [0, 0.1) is 0 Å². The smallest absolute Gasteiger partial charge is 0.306 e. The number of esters is 2. The van der Waals surface area contributed by atoms with Crippen molar-refractivity contribution in [2.45, 2.75) is 166 Å². The Morgan fingerprint density at radius 2 is 1.14 bits per heavy atom. The molecule has 0 aliphatic carbocycles. The van der Waals surface area contributed by atoms with Gasteiger partial charge in [0, 0.05) is 12.8 Å². The molecule has 1 aliphatic heterocycles. The summed E-state index contributed by atoms with van der Waals surface area (Å²) in [5, 5.41) is 30.8. The monoisotopic (exact) mass is 810 g/mol. The highest BCUT2D eigenvalue weighted by Crippen LogP contribution is 2.24. The van der Waals surface area contributed by atoms with E-state index in [1.165, 1.54) is 12.8 Å². The van der Waals surface area contributed by atoms with Crippen LogP contribution < -0.4 is 0 Å². The molecule has 1 aliphatic rings. The minimum absolute atomic E-state index is 0.0805. The number of aliphatic hydroxyl groups is 3. The van der Waals surface area contributed by atoms with Crippen LogP contribution in [-0.2, 0) is 38.7 Å². The second-order valence-electron chi connectivity index (χ2n) is 13.9. The van der Waals surface area contributed by atoms with Crippen molar-refractivity contribution in [1.29, 1.82) is 0 Å². The molecule has 0 bridgehead atoms. The summed E-state index contributed by atoms with van der Waals surface area (Å²) in [6.07, 6.45) is 31.1. The van der Waals surface area contributed by atoms with Crippen LogP contribution in [0.4, 0.5) is 0 Å². The number of allylic oxidation sites excluding steroid dienone is 12. The van der Waals surface area contributed by atoms with E-state index in [1.54, 1.807) is 0 Å². The zero-order chi connectivity index (χ0) is 41.3. The van der Waals surface area contributed by atoms with Crippen molar-refractivity contribution in [3.63, 3.8) is 0 Å². The van der Waals surface area contributed by atoms with Crippen LogP contribution in [0.2, 0.25) is 0 Å². The summed E-state index contributed by atoms with van der Waals surface area (Å²) >= 11 is 0.